The first-order valence-corrected chi connectivity index (χ1v) is 8.14. The normalized spacial score (nSPS) is 11.5. The Labute approximate surface area is 148 Å². The monoisotopic (exact) mass is 348 g/mol. The van der Waals surface area contributed by atoms with Gasteiger partial charge < -0.3 is 19.7 Å². The molecule has 0 radical (unpaired) electrons. The zero-order valence-corrected chi connectivity index (χ0v) is 15.7. The molecule has 0 spiro atoms. The second-order valence-corrected chi connectivity index (χ2v) is 6.32. The molecule has 0 aliphatic heterocycles. The molecule has 0 saturated heterocycles. The number of nitrogens with one attached hydrogen (secondary N) is 1. The average Bonchev–Trinajstić information content (AvgIpc) is 2.91. The molecular weight excluding hydrogens is 324 g/mol. The van der Waals surface area contributed by atoms with Gasteiger partial charge in [-0.15, -0.1) is 0 Å². The first-order chi connectivity index (χ1) is 11.4. The van der Waals surface area contributed by atoms with Crippen molar-refractivity contribution in [1.29, 1.82) is 0 Å². The van der Waals surface area contributed by atoms with E-state index in [1.54, 1.807) is 7.05 Å². The minimum Gasteiger partial charge on any atom is -0.351 e. The van der Waals surface area contributed by atoms with E-state index in [9.17, 15) is 0 Å². The van der Waals surface area contributed by atoms with Crippen LogP contribution in [0.15, 0.2) is 35.5 Å². The lowest BCUT2D eigenvalue weighted by Crippen LogP contribution is -2.38. The minimum absolute atomic E-state index is 0.662. The number of anilines is 1. The van der Waals surface area contributed by atoms with Gasteiger partial charge in [0.05, 0.1) is 18.4 Å². The zero-order valence-electron chi connectivity index (χ0n) is 14.9. The van der Waals surface area contributed by atoms with Crippen LogP contribution in [-0.4, -0.2) is 48.6 Å². The Morgan fingerprint density at radius 3 is 2.46 bits per heavy atom. The van der Waals surface area contributed by atoms with E-state index in [4.69, 9.17) is 11.6 Å². The summed E-state index contributed by atoms with van der Waals surface area (Å²) in [4.78, 5) is 12.8. The predicted octanol–water partition coefficient (Wildman–Crippen LogP) is 2.35. The van der Waals surface area contributed by atoms with Crippen LogP contribution in [-0.2, 0) is 20.1 Å². The highest BCUT2D eigenvalue weighted by Gasteiger charge is 2.11. The van der Waals surface area contributed by atoms with Crippen LogP contribution in [0, 0.1) is 0 Å². The third kappa shape index (κ3) is 4.41. The lowest BCUT2D eigenvalue weighted by atomic mass is 10.2. The van der Waals surface area contributed by atoms with Crippen molar-refractivity contribution in [3.05, 3.63) is 46.7 Å². The second kappa shape index (κ2) is 8.06. The molecule has 0 saturated carbocycles. The fourth-order valence-corrected chi connectivity index (χ4v) is 2.63. The minimum atomic E-state index is 0.662. The summed E-state index contributed by atoms with van der Waals surface area (Å²) in [5.41, 5.74) is 2.28. The largest absolute Gasteiger partial charge is 0.351 e. The smallest absolute Gasteiger partial charge is 0.204 e. The average molecular weight is 349 g/mol. The number of hydrogen-bond donors (Lipinski definition) is 1. The van der Waals surface area contributed by atoms with Gasteiger partial charge in [-0.3, -0.25) is 4.99 Å². The van der Waals surface area contributed by atoms with Crippen LogP contribution >= 0.6 is 11.6 Å². The SMILES string of the molecule is CN=C(NCc1cnc(N(C)C)n1C)N(C)Cc1ccc(Cl)cc1. The molecule has 2 rings (SSSR count). The molecule has 0 atom stereocenters. The number of nitrogens with zero attached hydrogens (tertiary/aromatic N) is 5. The highest BCUT2D eigenvalue weighted by atomic mass is 35.5. The highest BCUT2D eigenvalue weighted by Crippen LogP contribution is 2.12. The Balaban J connectivity index is 1.98. The highest BCUT2D eigenvalue weighted by molar-refractivity contribution is 6.30. The third-order valence-electron chi connectivity index (χ3n) is 3.79. The van der Waals surface area contributed by atoms with E-state index in [2.05, 4.69) is 24.8 Å². The molecule has 7 heteroatoms. The van der Waals surface area contributed by atoms with Crippen molar-refractivity contribution in [3.63, 3.8) is 0 Å². The molecule has 1 aromatic heterocycles. The molecular formula is C17H25ClN6. The number of rotatable bonds is 5. The summed E-state index contributed by atoms with van der Waals surface area (Å²) < 4.78 is 2.07. The van der Waals surface area contributed by atoms with Crippen molar-refractivity contribution < 1.29 is 0 Å². The second-order valence-electron chi connectivity index (χ2n) is 5.89. The number of guanidine groups is 1. The van der Waals surface area contributed by atoms with Crippen LogP contribution < -0.4 is 10.2 Å². The van der Waals surface area contributed by atoms with Crippen molar-refractivity contribution in [2.75, 3.05) is 33.1 Å². The van der Waals surface area contributed by atoms with E-state index < -0.39 is 0 Å². The van der Waals surface area contributed by atoms with E-state index in [1.165, 1.54) is 5.56 Å². The van der Waals surface area contributed by atoms with E-state index >= 15 is 0 Å². The molecule has 2 aromatic rings. The maximum Gasteiger partial charge on any atom is 0.204 e. The Bertz CT molecular complexity index is 690. The first kappa shape index (κ1) is 18.1. The summed E-state index contributed by atoms with van der Waals surface area (Å²) in [7, 11) is 9.78. The number of imidazole rings is 1. The molecule has 1 heterocycles. The van der Waals surface area contributed by atoms with Gasteiger partial charge in [0.1, 0.15) is 0 Å². The lowest BCUT2D eigenvalue weighted by molar-refractivity contribution is 0.475. The van der Waals surface area contributed by atoms with Crippen molar-refractivity contribution in [2.45, 2.75) is 13.1 Å². The first-order valence-electron chi connectivity index (χ1n) is 7.76. The van der Waals surface area contributed by atoms with Gasteiger partial charge in [0.25, 0.3) is 0 Å². The molecule has 6 nitrogen and oxygen atoms in total. The summed E-state index contributed by atoms with van der Waals surface area (Å²) in [6, 6.07) is 7.85. The van der Waals surface area contributed by atoms with Gasteiger partial charge in [-0.05, 0) is 17.7 Å². The summed E-state index contributed by atoms with van der Waals surface area (Å²) in [5, 5.41) is 4.13. The molecule has 1 N–H and O–H groups in total. The standard InChI is InChI=1S/C17H25ClN6/c1-19-16(23(4)12-13-6-8-14(18)9-7-13)20-10-15-11-21-17(22(2)3)24(15)5/h6-9,11H,10,12H2,1-5H3,(H,19,20). The number of halogens is 1. The summed E-state index contributed by atoms with van der Waals surface area (Å²) in [5.74, 6) is 1.76. The quantitative estimate of drug-likeness (QED) is 0.665. The Kier molecular flexibility index (Phi) is 6.09. The fraction of sp³-hybridized carbons (Fsp3) is 0.412. The molecule has 24 heavy (non-hydrogen) atoms. The van der Waals surface area contributed by atoms with Crippen LogP contribution in [0.4, 0.5) is 5.95 Å². The van der Waals surface area contributed by atoms with Gasteiger partial charge in [0.2, 0.25) is 5.95 Å². The molecule has 0 bridgehead atoms. The van der Waals surface area contributed by atoms with Gasteiger partial charge in [-0.2, -0.15) is 0 Å². The molecule has 0 unspecified atom stereocenters. The summed E-state index contributed by atoms with van der Waals surface area (Å²) >= 11 is 5.93. The Morgan fingerprint density at radius 1 is 1.25 bits per heavy atom. The molecule has 0 fully saturated rings. The third-order valence-corrected chi connectivity index (χ3v) is 4.05. The van der Waals surface area contributed by atoms with Gasteiger partial charge in [0.15, 0.2) is 5.96 Å². The zero-order chi connectivity index (χ0) is 17.7. The molecule has 0 aliphatic rings. The Hall–Kier alpha value is -2.21. The number of hydrogen-bond acceptors (Lipinski definition) is 3. The van der Waals surface area contributed by atoms with E-state index in [-0.39, 0.29) is 0 Å². The molecule has 0 aliphatic carbocycles. The van der Waals surface area contributed by atoms with Gasteiger partial charge >= 0.3 is 0 Å². The number of aromatic nitrogens is 2. The fourth-order valence-electron chi connectivity index (χ4n) is 2.51. The number of aliphatic imine (C=N–C) groups is 1. The summed E-state index contributed by atoms with van der Waals surface area (Å²) in [6.45, 7) is 1.42. The van der Waals surface area contributed by atoms with Crippen molar-refractivity contribution in [1.82, 2.24) is 19.8 Å². The predicted molar refractivity (Wildman–Crippen MR) is 101 cm³/mol. The topological polar surface area (TPSA) is 48.7 Å². The maximum atomic E-state index is 5.93. The molecule has 0 amide bonds. The van der Waals surface area contributed by atoms with Gasteiger partial charge in [0, 0.05) is 46.8 Å². The van der Waals surface area contributed by atoms with E-state index in [0.29, 0.717) is 6.54 Å². The van der Waals surface area contributed by atoms with Crippen molar-refractivity contribution in [3.8, 4) is 0 Å². The van der Waals surface area contributed by atoms with Crippen LogP contribution in [0.5, 0.6) is 0 Å². The van der Waals surface area contributed by atoms with E-state index in [1.807, 2.05) is 63.6 Å². The Morgan fingerprint density at radius 2 is 1.92 bits per heavy atom. The van der Waals surface area contributed by atoms with Gasteiger partial charge in [-0.25, -0.2) is 4.98 Å². The maximum absolute atomic E-state index is 5.93. The van der Waals surface area contributed by atoms with Crippen molar-refractivity contribution in [2.24, 2.45) is 12.0 Å². The van der Waals surface area contributed by atoms with Gasteiger partial charge in [-0.1, -0.05) is 23.7 Å². The van der Waals surface area contributed by atoms with Crippen molar-refractivity contribution >= 4 is 23.5 Å². The van der Waals surface area contributed by atoms with Crippen LogP contribution in [0.3, 0.4) is 0 Å². The van der Waals surface area contributed by atoms with E-state index in [0.717, 1.165) is 29.2 Å². The van der Waals surface area contributed by atoms with Crippen LogP contribution in [0.2, 0.25) is 5.02 Å². The summed E-state index contributed by atoms with van der Waals surface area (Å²) in [6.07, 6.45) is 1.88. The molecule has 130 valence electrons. The lowest BCUT2D eigenvalue weighted by Gasteiger charge is -2.22. The van der Waals surface area contributed by atoms with Crippen LogP contribution in [0.1, 0.15) is 11.3 Å². The number of benzene rings is 1. The van der Waals surface area contributed by atoms with Crippen LogP contribution in [0.25, 0.3) is 0 Å². The molecule has 1 aromatic carbocycles.